The first kappa shape index (κ1) is 19.6. The summed E-state index contributed by atoms with van der Waals surface area (Å²) in [7, 11) is -3.79. The van der Waals surface area contributed by atoms with Gasteiger partial charge < -0.3 is 9.47 Å². The summed E-state index contributed by atoms with van der Waals surface area (Å²) in [5.74, 6) is -0.356. The van der Waals surface area contributed by atoms with Crippen LogP contribution < -0.4 is 0 Å². The van der Waals surface area contributed by atoms with Crippen LogP contribution in [0, 0.1) is 6.92 Å². The Morgan fingerprint density at radius 1 is 1.09 bits per heavy atom. The molecule has 1 aromatic rings. The molecule has 6 nitrogen and oxygen atoms in total. The van der Waals surface area contributed by atoms with E-state index in [1.165, 1.54) is 6.07 Å². The summed E-state index contributed by atoms with van der Waals surface area (Å²) in [6, 6.07) is 6.59. The van der Waals surface area contributed by atoms with Gasteiger partial charge in [0.15, 0.2) is 0 Å². The number of aryl methyl sites for hydroxylation is 1. The first-order chi connectivity index (χ1) is 10.6. The Morgan fingerprint density at radius 2 is 1.74 bits per heavy atom. The average Bonchev–Trinajstić information content (AvgIpc) is 2.41. The molecule has 1 rings (SSSR count). The van der Waals surface area contributed by atoms with E-state index in [-0.39, 0.29) is 37.1 Å². The van der Waals surface area contributed by atoms with E-state index in [0.717, 1.165) is 0 Å². The van der Waals surface area contributed by atoms with Gasteiger partial charge in [-0.25, -0.2) is 0 Å². The van der Waals surface area contributed by atoms with E-state index in [4.69, 9.17) is 13.7 Å². The maximum absolute atomic E-state index is 12.0. The summed E-state index contributed by atoms with van der Waals surface area (Å²) in [5, 5.41) is 0. The Bertz CT molecular complexity index is 616. The predicted octanol–water partition coefficient (Wildman–Crippen LogP) is 2.45. The topological polar surface area (TPSA) is 78.9 Å². The van der Waals surface area contributed by atoms with Gasteiger partial charge in [0.05, 0.1) is 31.1 Å². The lowest BCUT2D eigenvalue weighted by Crippen LogP contribution is -2.24. The van der Waals surface area contributed by atoms with Gasteiger partial charge in [-0.2, -0.15) is 8.42 Å². The van der Waals surface area contributed by atoms with Crippen molar-refractivity contribution in [2.45, 2.75) is 44.6 Å². The summed E-state index contributed by atoms with van der Waals surface area (Å²) >= 11 is 0. The summed E-state index contributed by atoms with van der Waals surface area (Å²) in [4.78, 5) is 11.6. The average molecular weight is 344 g/mol. The number of carbonyl (C=O) groups is 1. The summed E-state index contributed by atoms with van der Waals surface area (Å²) in [5.41, 5.74) is 0.0975. The zero-order chi connectivity index (χ0) is 17.5. The van der Waals surface area contributed by atoms with Crippen molar-refractivity contribution in [1.82, 2.24) is 0 Å². The minimum absolute atomic E-state index is 0.0773. The standard InChI is InChI=1S/C16H24O6S/c1-13-7-5-6-8-14(13)23(18,19)21-12-11-20-10-9-15(17)22-16(2,3)4/h5-8H,9-12H2,1-4H3. The van der Waals surface area contributed by atoms with Gasteiger partial charge in [-0.1, -0.05) is 18.2 Å². The van der Waals surface area contributed by atoms with Crippen molar-refractivity contribution in [2.24, 2.45) is 0 Å². The van der Waals surface area contributed by atoms with Gasteiger partial charge in [0.2, 0.25) is 0 Å². The van der Waals surface area contributed by atoms with E-state index in [1.807, 2.05) is 0 Å². The van der Waals surface area contributed by atoms with Gasteiger partial charge in [-0.05, 0) is 39.3 Å². The van der Waals surface area contributed by atoms with Gasteiger partial charge in [0.1, 0.15) is 5.60 Å². The molecule has 23 heavy (non-hydrogen) atoms. The first-order valence-electron chi connectivity index (χ1n) is 7.36. The van der Waals surface area contributed by atoms with Crippen molar-refractivity contribution >= 4 is 16.1 Å². The van der Waals surface area contributed by atoms with Crippen LogP contribution in [-0.4, -0.2) is 39.8 Å². The number of hydrogen-bond donors (Lipinski definition) is 0. The molecule has 0 aliphatic heterocycles. The summed E-state index contributed by atoms with van der Waals surface area (Å²) < 4.78 is 39.2. The lowest BCUT2D eigenvalue weighted by atomic mass is 10.2. The molecule has 0 aliphatic rings. The monoisotopic (exact) mass is 344 g/mol. The molecule has 1 aromatic carbocycles. The zero-order valence-corrected chi connectivity index (χ0v) is 14.8. The van der Waals surface area contributed by atoms with Crippen LogP contribution >= 0.6 is 0 Å². The summed E-state index contributed by atoms with van der Waals surface area (Å²) in [6.45, 7) is 7.19. The highest BCUT2D eigenvalue weighted by atomic mass is 32.2. The minimum atomic E-state index is -3.79. The van der Waals surface area contributed by atoms with Crippen molar-refractivity contribution in [1.29, 1.82) is 0 Å². The van der Waals surface area contributed by atoms with E-state index in [9.17, 15) is 13.2 Å². The normalized spacial score (nSPS) is 12.2. The van der Waals surface area contributed by atoms with Gasteiger partial charge in [0.25, 0.3) is 10.1 Å². The second kappa shape index (κ2) is 8.42. The molecule has 0 heterocycles. The highest BCUT2D eigenvalue weighted by Gasteiger charge is 2.17. The fourth-order valence-corrected chi connectivity index (χ4v) is 2.88. The molecule has 0 aromatic heterocycles. The molecular weight excluding hydrogens is 320 g/mol. The van der Waals surface area contributed by atoms with E-state index < -0.39 is 15.7 Å². The van der Waals surface area contributed by atoms with Crippen LogP contribution in [0.25, 0.3) is 0 Å². The molecule has 0 atom stereocenters. The number of rotatable bonds is 8. The number of carbonyl (C=O) groups excluding carboxylic acids is 1. The molecule has 0 saturated heterocycles. The van der Waals surface area contributed by atoms with Crippen LogP contribution in [0.1, 0.15) is 32.8 Å². The fourth-order valence-electron chi connectivity index (χ4n) is 1.75. The van der Waals surface area contributed by atoms with Crippen LogP contribution in [-0.2, 0) is 28.6 Å². The Labute approximate surface area is 137 Å². The smallest absolute Gasteiger partial charge is 0.308 e. The van der Waals surface area contributed by atoms with Crippen molar-refractivity contribution in [3.63, 3.8) is 0 Å². The van der Waals surface area contributed by atoms with Gasteiger partial charge in [0, 0.05) is 0 Å². The molecule has 0 aliphatic carbocycles. The highest BCUT2D eigenvalue weighted by molar-refractivity contribution is 7.86. The zero-order valence-electron chi connectivity index (χ0n) is 14.0. The molecule has 0 spiro atoms. The molecule has 0 fully saturated rings. The van der Waals surface area contributed by atoms with E-state index >= 15 is 0 Å². The maximum atomic E-state index is 12.0. The SMILES string of the molecule is Cc1ccccc1S(=O)(=O)OCCOCCC(=O)OC(C)(C)C. The lowest BCUT2D eigenvalue weighted by Gasteiger charge is -2.19. The van der Waals surface area contributed by atoms with Crippen molar-refractivity contribution in [3.05, 3.63) is 29.8 Å². The van der Waals surface area contributed by atoms with Crippen LogP contribution in [0.5, 0.6) is 0 Å². The molecule has 0 radical (unpaired) electrons. The number of ether oxygens (including phenoxy) is 2. The predicted molar refractivity (Wildman–Crippen MR) is 85.6 cm³/mol. The maximum Gasteiger partial charge on any atom is 0.308 e. The molecular formula is C16H24O6S. The minimum Gasteiger partial charge on any atom is -0.460 e. The third-order valence-electron chi connectivity index (χ3n) is 2.70. The van der Waals surface area contributed by atoms with Gasteiger partial charge >= 0.3 is 5.97 Å². The third-order valence-corrected chi connectivity index (χ3v) is 4.17. The Balaban J connectivity index is 2.28. The Kier molecular flexibility index (Phi) is 7.18. The van der Waals surface area contributed by atoms with E-state index in [2.05, 4.69) is 0 Å². The summed E-state index contributed by atoms with van der Waals surface area (Å²) in [6.07, 6.45) is 0.113. The molecule has 0 N–H and O–H groups in total. The number of hydrogen-bond acceptors (Lipinski definition) is 6. The van der Waals surface area contributed by atoms with E-state index in [0.29, 0.717) is 5.56 Å². The fraction of sp³-hybridized carbons (Fsp3) is 0.562. The molecule has 0 bridgehead atoms. The van der Waals surface area contributed by atoms with E-state index in [1.54, 1.807) is 45.9 Å². The third kappa shape index (κ3) is 7.58. The second-order valence-electron chi connectivity index (χ2n) is 5.99. The van der Waals surface area contributed by atoms with Crippen molar-refractivity contribution < 1.29 is 26.9 Å². The van der Waals surface area contributed by atoms with Crippen molar-refractivity contribution in [2.75, 3.05) is 19.8 Å². The number of benzene rings is 1. The Morgan fingerprint density at radius 3 is 2.35 bits per heavy atom. The van der Waals surface area contributed by atoms with Crippen molar-refractivity contribution in [3.8, 4) is 0 Å². The van der Waals surface area contributed by atoms with Gasteiger partial charge in [-0.15, -0.1) is 0 Å². The second-order valence-corrected chi connectivity index (χ2v) is 7.57. The molecule has 130 valence electrons. The van der Waals surface area contributed by atoms with Crippen LogP contribution in [0.2, 0.25) is 0 Å². The number of esters is 1. The lowest BCUT2D eigenvalue weighted by molar-refractivity contribution is -0.156. The highest BCUT2D eigenvalue weighted by Crippen LogP contribution is 2.16. The quantitative estimate of drug-likeness (QED) is 0.409. The first-order valence-corrected chi connectivity index (χ1v) is 8.77. The molecule has 0 saturated carbocycles. The van der Waals surface area contributed by atoms with Gasteiger partial charge in [-0.3, -0.25) is 8.98 Å². The van der Waals surface area contributed by atoms with Crippen LogP contribution in [0.15, 0.2) is 29.2 Å². The molecule has 7 heteroatoms. The van der Waals surface area contributed by atoms with Crippen LogP contribution in [0.3, 0.4) is 0 Å². The largest absolute Gasteiger partial charge is 0.460 e. The molecule has 0 unspecified atom stereocenters. The molecule has 0 amide bonds. The Hall–Kier alpha value is -1.44. The van der Waals surface area contributed by atoms with Crippen LogP contribution in [0.4, 0.5) is 0 Å².